The van der Waals surface area contributed by atoms with Gasteiger partial charge in [0.25, 0.3) is 5.69 Å². The predicted molar refractivity (Wildman–Crippen MR) is 77.4 cm³/mol. The van der Waals surface area contributed by atoms with Gasteiger partial charge in [-0.3, -0.25) is 10.1 Å². The van der Waals surface area contributed by atoms with E-state index in [9.17, 15) is 10.1 Å². The third-order valence-electron chi connectivity index (χ3n) is 4.45. The molecule has 3 unspecified atom stereocenters. The van der Waals surface area contributed by atoms with Crippen molar-refractivity contribution in [2.75, 3.05) is 5.32 Å². The van der Waals surface area contributed by atoms with Gasteiger partial charge in [-0.15, -0.1) is 0 Å². The fourth-order valence-electron chi connectivity index (χ4n) is 2.95. The Labute approximate surface area is 114 Å². The van der Waals surface area contributed by atoms with Crippen LogP contribution in [0.3, 0.4) is 0 Å². The highest BCUT2D eigenvalue weighted by Gasteiger charge is 2.27. The Hall–Kier alpha value is -1.58. The standard InChI is InChI=1S/C15H22N2O2/c1-10-5-4-6-14(12(10)3)16-13-7-8-15(17(18)19)11(2)9-13/h7-10,12,14,16H,4-6H2,1-3H3. The number of nitrogens with one attached hydrogen (secondary N) is 1. The quantitative estimate of drug-likeness (QED) is 0.658. The fourth-order valence-corrected chi connectivity index (χ4v) is 2.95. The van der Waals surface area contributed by atoms with Crippen molar-refractivity contribution in [3.8, 4) is 0 Å². The van der Waals surface area contributed by atoms with Crippen LogP contribution >= 0.6 is 0 Å². The van der Waals surface area contributed by atoms with Gasteiger partial charge < -0.3 is 5.32 Å². The topological polar surface area (TPSA) is 55.2 Å². The second-order valence-electron chi connectivity index (χ2n) is 5.78. The summed E-state index contributed by atoms with van der Waals surface area (Å²) in [6.45, 7) is 6.38. The number of nitro groups is 1. The van der Waals surface area contributed by atoms with Gasteiger partial charge >= 0.3 is 0 Å². The lowest BCUT2D eigenvalue weighted by atomic mass is 9.78. The number of benzene rings is 1. The van der Waals surface area contributed by atoms with Gasteiger partial charge in [0.2, 0.25) is 0 Å². The first-order valence-corrected chi connectivity index (χ1v) is 7.00. The second-order valence-corrected chi connectivity index (χ2v) is 5.78. The highest BCUT2D eigenvalue weighted by molar-refractivity contribution is 5.54. The first kappa shape index (κ1) is 13.8. The molecule has 104 valence electrons. The molecule has 0 aromatic heterocycles. The van der Waals surface area contributed by atoms with E-state index in [0.29, 0.717) is 17.5 Å². The van der Waals surface area contributed by atoms with Gasteiger partial charge in [-0.2, -0.15) is 0 Å². The third kappa shape index (κ3) is 3.06. The lowest BCUT2D eigenvalue weighted by Gasteiger charge is -2.35. The fraction of sp³-hybridized carbons (Fsp3) is 0.600. The zero-order valence-corrected chi connectivity index (χ0v) is 11.8. The van der Waals surface area contributed by atoms with E-state index < -0.39 is 0 Å². The van der Waals surface area contributed by atoms with Crippen LogP contribution in [0, 0.1) is 28.9 Å². The van der Waals surface area contributed by atoms with E-state index in [4.69, 9.17) is 0 Å². The first-order chi connectivity index (χ1) is 8.99. The van der Waals surface area contributed by atoms with E-state index in [-0.39, 0.29) is 10.6 Å². The van der Waals surface area contributed by atoms with Crippen LogP contribution in [0.2, 0.25) is 0 Å². The Bertz CT molecular complexity index is 473. The number of anilines is 1. The molecule has 0 aliphatic heterocycles. The predicted octanol–water partition coefficient (Wildman–Crippen LogP) is 4.14. The minimum Gasteiger partial charge on any atom is -0.382 e. The van der Waals surface area contributed by atoms with Crippen LogP contribution in [0.1, 0.15) is 38.7 Å². The minimum atomic E-state index is -0.329. The second kappa shape index (κ2) is 5.59. The number of nitro benzene ring substituents is 1. The third-order valence-corrected chi connectivity index (χ3v) is 4.45. The Kier molecular flexibility index (Phi) is 4.08. The molecule has 1 aliphatic rings. The van der Waals surface area contributed by atoms with Crippen LogP contribution in [0.15, 0.2) is 18.2 Å². The number of nitrogens with zero attached hydrogens (tertiary/aromatic N) is 1. The Morgan fingerprint density at radius 2 is 2.05 bits per heavy atom. The molecule has 1 aromatic rings. The molecule has 0 amide bonds. The van der Waals surface area contributed by atoms with Crippen LogP contribution in [0.4, 0.5) is 11.4 Å². The van der Waals surface area contributed by atoms with E-state index in [1.54, 1.807) is 13.0 Å². The summed E-state index contributed by atoms with van der Waals surface area (Å²) in [5.74, 6) is 1.38. The molecule has 1 aliphatic carbocycles. The maximum Gasteiger partial charge on any atom is 0.272 e. The van der Waals surface area contributed by atoms with Crippen molar-refractivity contribution in [1.82, 2.24) is 0 Å². The van der Waals surface area contributed by atoms with Gasteiger partial charge in [0.15, 0.2) is 0 Å². The Morgan fingerprint density at radius 3 is 2.68 bits per heavy atom. The van der Waals surface area contributed by atoms with Gasteiger partial charge in [-0.25, -0.2) is 0 Å². The monoisotopic (exact) mass is 262 g/mol. The summed E-state index contributed by atoms with van der Waals surface area (Å²) in [4.78, 5) is 10.5. The number of rotatable bonds is 3. The summed E-state index contributed by atoms with van der Waals surface area (Å²) in [5, 5.41) is 14.3. The molecule has 1 aromatic carbocycles. The average Bonchev–Trinajstić information content (AvgIpc) is 2.34. The molecule has 19 heavy (non-hydrogen) atoms. The molecule has 4 heteroatoms. The summed E-state index contributed by atoms with van der Waals surface area (Å²) >= 11 is 0. The molecule has 0 bridgehead atoms. The van der Waals surface area contributed by atoms with Crippen molar-refractivity contribution >= 4 is 11.4 Å². The highest BCUT2D eigenvalue weighted by Crippen LogP contribution is 2.32. The zero-order valence-electron chi connectivity index (χ0n) is 11.8. The number of aryl methyl sites for hydroxylation is 1. The molecule has 1 fully saturated rings. The number of hydrogen-bond acceptors (Lipinski definition) is 3. The van der Waals surface area contributed by atoms with Crippen molar-refractivity contribution in [1.29, 1.82) is 0 Å². The maximum absolute atomic E-state index is 10.8. The summed E-state index contributed by atoms with van der Waals surface area (Å²) in [7, 11) is 0. The molecular formula is C15H22N2O2. The van der Waals surface area contributed by atoms with E-state index >= 15 is 0 Å². The summed E-state index contributed by atoms with van der Waals surface area (Å²) in [6, 6.07) is 5.76. The van der Waals surface area contributed by atoms with Crippen molar-refractivity contribution in [2.24, 2.45) is 11.8 Å². The lowest BCUT2D eigenvalue weighted by Crippen LogP contribution is -2.34. The molecule has 2 rings (SSSR count). The van der Waals surface area contributed by atoms with Crippen molar-refractivity contribution in [2.45, 2.75) is 46.1 Å². The van der Waals surface area contributed by atoms with Crippen LogP contribution in [0.5, 0.6) is 0 Å². The average molecular weight is 262 g/mol. The Balaban J connectivity index is 2.11. The van der Waals surface area contributed by atoms with E-state index in [1.807, 2.05) is 12.1 Å². The Morgan fingerprint density at radius 1 is 1.32 bits per heavy atom. The first-order valence-electron chi connectivity index (χ1n) is 7.00. The minimum absolute atomic E-state index is 0.190. The number of hydrogen-bond donors (Lipinski definition) is 1. The summed E-state index contributed by atoms with van der Waals surface area (Å²) in [6.07, 6.45) is 3.75. The van der Waals surface area contributed by atoms with Crippen LogP contribution in [-0.2, 0) is 0 Å². The summed E-state index contributed by atoms with van der Waals surface area (Å²) in [5.41, 5.74) is 1.90. The molecule has 3 atom stereocenters. The van der Waals surface area contributed by atoms with Crippen LogP contribution in [0.25, 0.3) is 0 Å². The molecule has 0 radical (unpaired) electrons. The van der Waals surface area contributed by atoms with E-state index in [1.165, 1.54) is 19.3 Å². The van der Waals surface area contributed by atoms with Gasteiger partial charge in [0, 0.05) is 23.4 Å². The zero-order chi connectivity index (χ0) is 14.0. The van der Waals surface area contributed by atoms with Crippen LogP contribution < -0.4 is 5.32 Å². The van der Waals surface area contributed by atoms with E-state index in [2.05, 4.69) is 19.2 Å². The van der Waals surface area contributed by atoms with Crippen molar-refractivity contribution < 1.29 is 4.92 Å². The van der Waals surface area contributed by atoms with Gasteiger partial charge in [0.1, 0.15) is 0 Å². The molecule has 0 heterocycles. The highest BCUT2D eigenvalue weighted by atomic mass is 16.6. The largest absolute Gasteiger partial charge is 0.382 e. The molecular weight excluding hydrogens is 240 g/mol. The van der Waals surface area contributed by atoms with Crippen LogP contribution in [-0.4, -0.2) is 11.0 Å². The molecule has 1 N–H and O–H groups in total. The van der Waals surface area contributed by atoms with Crippen molar-refractivity contribution in [3.63, 3.8) is 0 Å². The molecule has 1 saturated carbocycles. The SMILES string of the molecule is Cc1cc(NC2CCCC(C)C2C)ccc1[N+](=O)[O-]. The smallest absolute Gasteiger partial charge is 0.272 e. The van der Waals surface area contributed by atoms with Gasteiger partial charge in [-0.1, -0.05) is 26.7 Å². The molecule has 0 spiro atoms. The molecule has 0 saturated heterocycles. The summed E-state index contributed by atoms with van der Waals surface area (Å²) < 4.78 is 0. The lowest BCUT2D eigenvalue weighted by molar-refractivity contribution is -0.385. The van der Waals surface area contributed by atoms with Crippen molar-refractivity contribution in [3.05, 3.63) is 33.9 Å². The normalized spacial score (nSPS) is 27.0. The van der Waals surface area contributed by atoms with E-state index in [0.717, 1.165) is 11.6 Å². The van der Waals surface area contributed by atoms with Gasteiger partial charge in [0.05, 0.1) is 4.92 Å². The maximum atomic E-state index is 10.8. The van der Waals surface area contributed by atoms with Gasteiger partial charge in [-0.05, 0) is 37.3 Å². The molecule has 4 nitrogen and oxygen atoms in total.